The topological polar surface area (TPSA) is 76.7 Å². The van der Waals surface area contributed by atoms with E-state index in [1.165, 1.54) is 0 Å². The second kappa shape index (κ2) is 9.41. The molecule has 0 fully saturated rings. The van der Waals surface area contributed by atoms with E-state index in [2.05, 4.69) is 10.6 Å². The van der Waals surface area contributed by atoms with Crippen LogP contribution < -0.4 is 20.1 Å². The van der Waals surface area contributed by atoms with Crippen LogP contribution in [-0.4, -0.2) is 26.0 Å². The predicted molar refractivity (Wildman–Crippen MR) is 112 cm³/mol. The van der Waals surface area contributed by atoms with Gasteiger partial charge in [0.1, 0.15) is 11.5 Å². The van der Waals surface area contributed by atoms with Crippen LogP contribution in [0, 0.1) is 0 Å². The zero-order valence-electron chi connectivity index (χ0n) is 16.3. The van der Waals surface area contributed by atoms with Crippen LogP contribution in [0.5, 0.6) is 11.5 Å². The van der Waals surface area contributed by atoms with Gasteiger partial charge in [0.05, 0.1) is 25.5 Å². The quantitative estimate of drug-likeness (QED) is 0.642. The molecule has 6 nitrogen and oxygen atoms in total. The minimum absolute atomic E-state index is 0.279. The van der Waals surface area contributed by atoms with Crippen LogP contribution in [0.3, 0.4) is 0 Å². The Morgan fingerprint density at radius 1 is 0.793 bits per heavy atom. The second-order valence-electron chi connectivity index (χ2n) is 6.26. The van der Waals surface area contributed by atoms with E-state index in [0.717, 1.165) is 11.3 Å². The summed E-state index contributed by atoms with van der Waals surface area (Å²) in [6, 6.07) is 21.1. The van der Waals surface area contributed by atoms with E-state index in [-0.39, 0.29) is 11.8 Å². The molecule has 3 aromatic rings. The van der Waals surface area contributed by atoms with Gasteiger partial charge in [-0.2, -0.15) is 0 Å². The molecule has 2 N–H and O–H groups in total. The van der Waals surface area contributed by atoms with Gasteiger partial charge in [0, 0.05) is 12.1 Å². The van der Waals surface area contributed by atoms with E-state index in [1.54, 1.807) is 62.8 Å². The monoisotopic (exact) mass is 390 g/mol. The molecule has 3 aromatic carbocycles. The lowest BCUT2D eigenvalue weighted by molar-refractivity contribution is 0.0951. The summed E-state index contributed by atoms with van der Waals surface area (Å²) in [7, 11) is 3.16. The first-order valence-corrected chi connectivity index (χ1v) is 9.06. The Balaban J connectivity index is 1.70. The highest BCUT2D eigenvalue weighted by molar-refractivity contribution is 6.09. The number of para-hydroxylation sites is 1. The van der Waals surface area contributed by atoms with E-state index >= 15 is 0 Å². The third-order valence-corrected chi connectivity index (χ3v) is 4.36. The molecular weight excluding hydrogens is 368 g/mol. The average molecular weight is 390 g/mol. The smallest absolute Gasteiger partial charge is 0.255 e. The Kier molecular flexibility index (Phi) is 6.47. The number of benzene rings is 3. The molecule has 2 amide bonds. The van der Waals surface area contributed by atoms with Crippen molar-refractivity contribution in [1.29, 1.82) is 0 Å². The third-order valence-electron chi connectivity index (χ3n) is 4.36. The number of carbonyl (C=O) groups excluding carboxylic acids is 2. The van der Waals surface area contributed by atoms with Crippen molar-refractivity contribution in [3.63, 3.8) is 0 Å². The summed E-state index contributed by atoms with van der Waals surface area (Å²) in [5.41, 5.74) is 2.21. The van der Waals surface area contributed by atoms with Crippen LogP contribution in [-0.2, 0) is 6.54 Å². The average Bonchev–Trinajstić information content (AvgIpc) is 2.78. The maximum Gasteiger partial charge on any atom is 0.255 e. The lowest BCUT2D eigenvalue weighted by Gasteiger charge is -2.12. The van der Waals surface area contributed by atoms with Crippen LogP contribution >= 0.6 is 0 Å². The van der Waals surface area contributed by atoms with Crippen LogP contribution in [0.4, 0.5) is 5.69 Å². The summed E-state index contributed by atoms with van der Waals surface area (Å²) >= 11 is 0. The van der Waals surface area contributed by atoms with Crippen molar-refractivity contribution >= 4 is 17.5 Å². The van der Waals surface area contributed by atoms with Gasteiger partial charge in [-0.1, -0.05) is 24.3 Å². The molecule has 0 bridgehead atoms. The standard InChI is InChI=1S/C23H22N2O4/c1-28-18-12-10-17(11-13-18)22(26)25-21-9-4-3-8-20(21)23(27)24-15-16-6-5-7-19(14-16)29-2/h3-14H,15H2,1-2H3,(H,24,27)(H,25,26). The molecule has 0 atom stereocenters. The maximum atomic E-state index is 12.7. The predicted octanol–water partition coefficient (Wildman–Crippen LogP) is 3.89. The van der Waals surface area contributed by atoms with E-state index in [9.17, 15) is 9.59 Å². The first kappa shape index (κ1) is 19.9. The van der Waals surface area contributed by atoms with Crippen LogP contribution in [0.25, 0.3) is 0 Å². The van der Waals surface area contributed by atoms with Gasteiger partial charge in [-0.25, -0.2) is 0 Å². The Morgan fingerprint density at radius 3 is 2.24 bits per heavy atom. The summed E-state index contributed by atoms with van der Waals surface area (Å²) < 4.78 is 10.3. The normalized spacial score (nSPS) is 10.1. The van der Waals surface area contributed by atoms with Gasteiger partial charge in [-0.15, -0.1) is 0 Å². The molecule has 0 saturated heterocycles. The first-order valence-electron chi connectivity index (χ1n) is 9.06. The Morgan fingerprint density at radius 2 is 1.52 bits per heavy atom. The first-order chi connectivity index (χ1) is 14.1. The molecule has 0 unspecified atom stereocenters. The van der Waals surface area contributed by atoms with E-state index in [0.29, 0.717) is 29.1 Å². The van der Waals surface area contributed by atoms with Crippen molar-refractivity contribution in [1.82, 2.24) is 5.32 Å². The minimum atomic E-state index is -0.305. The number of ether oxygens (including phenoxy) is 2. The SMILES string of the molecule is COc1ccc(C(=O)Nc2ccccc2C(=O)NCc2cccc(OC)c2)cc1. The fourth-order valence-corrected chi connectivity index (χ4v) is 2.79. The Hall–Kier alpha value is -3.80. The van der Waals surface area contributed by atoms with E-state index in [4.69, 9.17) is 9.47 Å². The molecule has 0 aromatic heterocycles. The molecule has 0 aliphatic rings. The van der Waals surface area contributed by atoms with Crippen molar-refractivity contribution in [3.8, 4) is 11.5 Å². The molecule has 3 rings (SSSR count). The summed E-state index contributed by atoms with van der Waals surface area (Å²) in [4.78, 5) is 25.2. The number of rotatable bonds is 7. The molecule has 0 spiro atoms. The van der Waals surface area contributed by atoms with Gasteiger partial charge in [0.2, 0.25) is 0 Å². The molecule has 0 saturated carbocycles. The van der Waals surface area contributed by atoms with Gasteiger partial charge >= 0.3 is 0 Å². The van der Waals surface area contributed by atoms with Crippen molar-refractivity contribution in [2.45, 2.75) is 6.54 Å². The minimum Gasteiger partial charge on any atom is -0.497 e. The van der Waals surface area contributed by atoms with E-state index < -0.39 is 0 Å². The van der Waals surface area contributed by atoms with Gasteiger partial charge in [-0.05, 0) is 54.1 Å². The van der Waals surface area contributed by atoms with Gasteiger partial charge in [0.15, 0.2) is 0 Å². The Bertz CT molecular complexity index is 1000. The molecular formula is C23H22N2O4. The van der Waals surface area contributed by atoms with Gasteiger partial charge in [0.25, 0.3) is 11.8 Å². The number of methoxy groups -OCH3 is 2. The van der Waals surface area contributed by atoms with Crippen molar-refractivity contribution in [2.24, 2.45) is 0 Å². The molecule has 0 aliphatic carbocycles. The Labute approximate surface area is 169 Å². The summed E-state index contributed by atoms with van der Waals surface area (Å²) in [6.45, 7) is 0.344. The van der Waals surface area contributed by atoms with Crippen molar-refractivity contribution < 1.29 is 19.1 Å². The lowest BCUT2D eigenvalue weighted by Crippen LogP contribution is -2.24. The number of carbonyl (C=O) groups is 2. The molecule has 148 valence electrons. The summed E-state index contributed by atoms with van der Waals surface area (Å²) in [5, 5.41) is 5.67. The fraction of sp³-hybridized carbons (Fsp3) is 0.130. The number of hydrogen-bond donors (Lipinski definition) is 2. The number of nitrogens with one attached hydrogen (secondary N) is 2. The highest BCUT2D eigenvalue weighted by Gasteiger charge is 2.14. The van der Waals surface area contributed by atoms with E-state index in [1.807, 2.05) is 24.3 Å². The number of amides is 2. The number of hydrogen-bond acceptors (Lipinski definition) is 4. The van der Waals surface area contributed by atoms with Crippen molar-refractivity contribution in [3.05, 3.63) is 89.5 Å². The van der Waals surface area contributed by atoms with Crippen LogP contribution in [0.1, 0.15) is 26.3 Å². The summed E-state index contributed by atoms with van der Waals surface area (Å²) in [5.74, 6) is 0.807. The molecule has 29 heavy (non-hydrogen) atoms. The fourth-order valence-electron chi connectivity index (χ4n) is 2.79. The maximum absolute atomic E-state index is 12.7. The number of anilines is 1. The second-order valence-corrected chi connectivity index (χ2v) is 6.26. The highest BCUT2D eigenvalue weighted by Crippen LogP contribution is 2.18. The third kappa shape index (κ3) is 5.13. The molecule has 0 radical (unpaired) electrons. The molecule has 0 heterocycles. The summed E-state index contributed by atoms with van der Waals surface area (Å²) in [6.07, 6.45) is 0. The van der Waals surface area contributed by atoms with Gasteiger partial charge < -0.3 is 20.1 Å². The largest absolute Gasteiger partial charge is 0.497 e. The van der Waals surface area contributed by atoms with Crippen LogP contribution in [0.2, 0.25) is 0 Å². The molecule has 6 heteroatoms. The highest BCUT2D eigenvalue weighted by atomic mass is 16.5. The zero-order chi connectivity index (χ0) is 20.6. The zero-order valence-corrected chi connectivity index (χ0v) is 16.3. The van der Waals surface area contributed by atoms with Crippen molar-refractivity contribution in [2.75, 3.05) is 19.5 Å². The lowest BCUT2D eigenvalue weighted by atomic mass is 10.1. The molecule has 0 aliphatic heterocycles. The van der Waals surface area contributed by atoms with Gasteiger partial charge in [-0.3, -0.25) is 9.59 Å². The van der Waals surface area contributed by atoms with Crippen LogP contribution in [0.15, 0.2) is 72.8 Å².